The molecule has 0 aromatic heterocycles. The summed E-state index contributed by atoms with van der Waals surface area (Å²) in [5.74, 6) is 1.05. The molecule has 120 valence electrons. The number of hydrogen-bond donors (Lipinski definition) is 0. The van der Waals surface area contributed by atoms with Crippen molar-refractivity contribution in [2.24, 2.45) is 0 Å². The molecule has 1 saturated heterocycles. The molecule has 2 aromatic rings. The molecule has 1 fully saturated rings. The van der Waals surface area contributed by atoms with Crippen LogP contribution in [0.5, 0.6) is 0 Å². The number of carbonyl (C=O) groups is 1. The van der Waals surface area contributed by atoms with Crippen LogP contribution in [-0.2, 0) is 0 Å². The summed E-state index contributed by atoms with van der Waals surface area (Å²) in [5.41, 5.74) is 3.41. The van der Waals surface area contributed by atoms with Crippen molar-refractivity contribution in [3.05, 3.63) is 70.2 Å². The Bertz CT molecular complexity index is 703. The molecule has 0 saturated carbocycles. The molecule has 1 amide bonds. The van der Waals surface area contributed by atoms with Crippen molar-refractivity contribution >= 4 is 29.3 Å². The van der Waals surface area contributed by atoms with Gasteiger partial charge in [-0.2, -0.15) is 11.8 Å². The maximum atomic E-state index is 12.7. The summed E-state index contributed by atoms with van der Waals surface area (Å²) >= 11 is 7.96. The van der Waals surface area contributed by atoms with E-state index in [-0.39, 0.29) is 5.91 Å². The van der Waals surface area contributed by atoms with Crippen LogP contribution in [0.15, 0.2) is 48.5 Å². The lowest BCUT2D eigenvalue weighted by Gasteiger charge is -2.21. The first-order chi connectivity index (χ1) is 11.1. The highest BCUT2D eigenvalue weighted by atomic mass is 35.5. The Morgan fingerprint density at radius 3 is 2.78 bits per heavy atom. The molecule has 1 unspecified atom stereocenters. The molecule has 0 aliphatic carbocycles. The fraction of sp³-hybridized carbons (Fsp3) is 0.316. The summed E-state index contributed by atoms with van der Waals surface area (Å²) in [6.07, 6.45) is 0.988. The van der Waals surface area contributed by atoms with Gasteiger partial charge in [-0.05, 0) is 42.7 Å². The average molecular weight is 346 g/mol. The van der Waals surface area contributed by atoms with Gasteiger partial charge in [-0.15, -0.1) is 0 Å². The molecule has 1 atom stereocenters. The minimum atomic E-state index is 0.0820. The molecule has 1 aliphatic rings. The average Bonchev–Trinajstić information content (AvgIpc) is 2.80. The smallest absolute Gasteiger partial charge is 0.253 e. The number of aryl methyl sites for hydroxylation is 1. The molecule has 23 heavy (non-hydrogen) atoms. The lowest BCUT2D eigenvalue weighted by Crippen LogP contribution is -2.32. The van der Waals surface area contributed by atoms with Crippen molar-refractivity contribution in [2.75, 3.05) is 18.8 Å². The van der Waals surface area contributed by atoms with Crippen molar-refractivity contribution in [1.29, 1.82) is 0 Å². The maximum absolute atomic E-state index is 12.7. The topological polar surface area (TPSA) is 20.3 Å². The first-order valence-corrected chi connectivity index (χ1v) is 9.30. The van der Waals surface area contributed by atoms with Crippen molar-refractivity contribution < 1.29 is 4.79 Å². The number of amides is 1. The van der Waals surface area contributed by atoms with Gasteiger partial charge >= 0.3 is 0 Å². The van der Waals surface area contributed by atoms with Gasteiger partial charge in [-0.3, -0.25) is 4.79 Å². The fourth-order valence-electron chi connectivity index (χ4n) is 2.97. The van der Waals surface area contributed by atoms with E-state index in [1.165, 1.54) is 11.1 Å². The number of halogens is 1. The quantitative estimate of drug-likeness (QED) is 0.766. The molecule has 1 aliphatic heterocycles. The highest BCUT2D eigenvalue weighted by Gasteiger charge is 2.23. The number of rotatable bonds is 2. The van der Waals surface area contributed by atoms with Gasteiger partial charge in [-0.25, -0.2) is 0 Å². The maximum Gasteiger partial charge on any atom is 0.253 e. The lowest BCUT2D eigenvalue weighted by molar-refractivity contribution is 0.0766. The zero-order valence-corrected chi connectivity index (χ0v) is 14.7. The van der Waals surface area contributed by atoms with Gasteiger partial charge in [0, 0.05) is 34.7 Å². The summed E-state index contributed by atoms with van der Waals surface area (Å²) in [6, 6.07) is 15.8. The number of thioether (sulfide) groups is 1. The van der Waals surface area contributed by atoms with Gasteiger partial charge in [0.05, 0.1) is 0 Å². The lowest BCUT2D eigenvalue weighted by atomic mass is 10.0. The van der Waals surface area contributed by atoms with Crippen molar-refractivity contribution in [1.82, 2.24) is 4.90 Å². The van der Waals surface area contributed by atoms with E-state index in [1.807, 2.05) is 28.8 Å². The van der Waals surface area contributed by atoms with Crippen LogP contribution in [0.1, 0.15) is 33.2 Å². The molecule has 0 bridgehead atoms. The third kappa shape index (κ3) is 3.91. The Morgan fingerprint density at radius 1 is 1.17 bits per heavy atom. The summed E-state index contributed by atoms with van der Waals surface area (Å²) < 4.78 is 0. The van der Waals surface area contributed by atoms with Crippen LogP contribution in [-0.4, -0.2) is 29.6 Å². The van der Waals surface area contributed by atoms with Crippen molar-refractivity contribution in [3.63, 3.8) is 0 Å². The van der Waals surface area contributed by atoms with Crippen LogP contribution in [0.25, 0.3) is 0 Å². The minimum absolute atomic E-state index is 0.0820. The van der Waals surface area contributed by atoms with E-state index < -0.39 is 0 Å². The zero-order valence-electron chi connectivity index (χ0n) is 13.2. The van der Waals surface area contributed by atoms with Gasteiger partial charge in [-0.1, -0.05) is 41.9 Å². The van der Waals surface area contributed by atoms with Crippen LogP contribution in [0.4, 0.5) is 0 Å². The predicted molar refractivity (Wildman–Crippen MR) is 98.4 cm³/mol. The van der Waals surface area contributed by atoms with Gasteiger partial charge in [0.25, 0.3) is 5.91 Å². The zero-order chi connectivity index (χ0) is 16.2. The third-order valence-corrected chi connectivity index (χ3v) is 5.78. The van der Waals surface area contributed by atoms with Gasteiger partial charge in [0.1, 0.15) is 0 Å². The second-order valence-corrected chi connectivity index (χ2v) is 7.55. The van der Waals surface area contributed by atoms with E-state index in [0.717, 1.165) is 25.3 Å². The third-order valence-electron chi connectivity index (χ3n) is 4.24. The van der Waals surface area contributed by atoms with Gasteiger partial charge in [0.2, 0.25) is 0 Å². The Kier molecular flexibility index (Phi) is 5.29. The molecule has 4 heteroatoms. The van der Waals surface area contributed by atoms with E-state index in [0.29, 0.717) is 15.8 Å². The molecule has 2 aromatic carbocycles. The number of carbonyl (C=O) groups excluding carboxylic acids is 1. The molecule has 3 rings (SSSR count). The summed E-state index contributed by atoms with van der Waals surface area (Å²) in [4.78, 5) is 14.6. The van der Waals surface area contributed by atoms with E-state index in [9.17, 15) is 4.79 Å². The Labute approximate surface area is 146 Å². The SMILES string of the molecule is Cc1ccccc1C1CCN(C(=O)c2cccc(Cl)c2)CCS1. The fourth-order valence-corrected chi connectivity index (χ4v) is 4.49. The molecule has 0 N–H and O–H groups in total. The molecule has 2 nitrogen and oxygen atoms in total. The molecular formula is C19H20ClNOS. The predicted octanol–water partition coefficient (Wildman–Crippen LogP) is 4.97. The summed E-state index contributed by atoms with van der Waals surface area (Å²) in [5, 5.41) is 1.08. The van der Waals surface area contributed by atoms with E-state index in [1.54, 1.807) is 12.1 Å². The monoisotopic (exact) mass is 345 g/mol. The Morgan fingerprint density at radius 2 is 2.00 bits per heavy atom. The molecule has 1 heterocycles. The first kappa shape index (κ1) is 16.4. The standard InChI is InChI=1S/C19H20ClNOS/c1-14-5-2-3-8-17(14)18-9-10-21(11-12-23-18)19(22)15-6-4-7-16(20)13-15/h2-8,13,18H,9-12H2,1H3. The van der Waals surface area contributed by atoms with E-state index in [2.05, 4.69) is 31.2 Å². The van der Waals surface area contributed by atoms with E-state index >= 15 is 0 Å². The number of hydrogen-bond acceptors (Lipinski definition) is 2. The van der Waals surface area contributed by atoms with Gasteiger partial charge in [0.15, 0.2) is 0 Å². The van der Waals surface area contributed by atoms with E-state index in [4.69, 9.17) is 11.6 Å². The van der Waals surface area contributed by atoms with Gasteiger partial charge < -0.3 is 4.90 Å². The largest absolute Gasteiger partial charge is 0.338 e. The second kappa shape index (κ2) is 7.41. The van der Waals surface area contributed by atoms with Crippen LogP contribution in [0, 0.1) is 6.92 Å². The van der Waals surface area contributed by atoms with Crippen LogP contribution in [0.3, 0.4) is 0 Å². The normalized spacial score (nSPS) is 18.5. The first-order valence-electron chi connectivity index (χ1n) is 7.87. The Hall–Kier alpha value is -1.45. The number of benzene rings is 2. The highest BCUT2D eigenvalue weighted by molar-refractivity contribution is 7.99. The van der Waals surface area contributed by atoms with Crippen molar-refractivity contribution in [3.8, 4) is 0 Å². The highest BCUT2D eigenvalue weighted by Crippen LogP contribution is 2.36. The summed E-state index contributed by atoms with van der Waals surface area (Å²) in [6.45, 7) is 3.74. The van der Waals surface area contributed by atoms with Crippen LogP contribution in [0.2, 0.25) is 5.02 Å². The molecular weight excluding hydrogens is 326 g/mol. The molecule has 0 spiro atoms. The van der Waals surface area contributed by atoms with Crippen LogP contribution >= 0.6 is 23.4 Å². The second-order valence-electron chi connectivity index (χ2n) is 5.81. The molecule has 0 radical (unpaired) electrons. The number of nitrogens with zero attached hydrogens (tertiary/aromatic N) is 1. The minimum Gasteiger partial charge on any atom is -0.338 e. The summed E-state index contributed by atoms with van der Waals surface area (Å²) in [7, 11) is 0. The van der Waals surface area contributed by atoms with Crippen molar-refractivity contribution in [2.45, 2.75) is 18.6 Å². The Balaban J connectivity index is 1.71. The van der Waals surface area contributed by atoms with Crippen LogP contribution < -0.4 is 0 Å².